The van der Waals surface area contributed by atoms with Gasteiger partial charge >= 0.3 is 0 Å². The summed E-state index contributed by atoms with van der Waals surface area (Å²) in [5.74, 6) is 0.260. The van der Waals surface area contributed by atoms with Gasteiger partial charge in [-0.05, 0) is 36.6 Å². The van der Waals surface area contributed by atoms with Crippen molar-refractivity contribution in [2.45, 2.75) is 55.1 Å². The van der Waals surface area contributed by atoms with Gasteiger partial charge in [0.1, 0.15) is 11.1 Å². The van der Waals surface area contributed by atoms with Gasteiger partial charge in [-0.1, -0.05) is 32.1 Å². The van der Waals surface area contributed by atoms with Crippen molar-refractivity contribution in [1.82, 2.24) is 4.90 Å². The van der Waals surface area contributed by atoms with Crippen molar-refractivity contribution in [1.29, 1.82) is 0 Å². The van der Waals surface area contributed by atoms with E-state index in [1.54, 1.807) is 4.90 Å². The minimum atomic E-state index is -3.48. The lowest BCUT2D eigenvalue weighted by Crippen LogP contribution is -2.56. The Morgan fingerprint density at radius 2 is 1.71 bits per heavy atom. The number of hydrogen-bond donors (Lipinski definition) is 0. The van der Waals surface area contributed by atoms with Crippen LogP contribution in [0.3, 0.4) is 0 Å². The molecule has 1 aromatic carbocycles. The molecule has 0 N–H and O–H groups in total. The lowest BCUT2D eigenvalue weighted by molar-refractivity contribution is -0.134. The van der Waals surface area contributed by atoms with Gasteiger partial charge in [0.15, 0.2) is 9.84 Å². The molecule has 1 amide bonds. The number of nitrogens with zero attached hydrogens (tertiary/aromatic N) is 1. The zero-order valence-corrected chi connectivity index (χ0v) is 14.6. The van der Waals surface area contributed by atoms with Gasteiger partial charge in [0.2, 0.25) is 5.91 Å². The number of halogens is 1. The van der Waals surface area contributed by atoms with Crippen molar-refractivity contribution in [3.8, 4) is 0 Å². The van der Waals surface area contributed by atoms with Gasteiger partial charge in [-0.3, -0.25) is 4.79 Å². The predicted molar refractivity (Wildman–Crippen MR) is 89.8 cm³/mol. The minimum absolute atomic E-state index is 0.0612. The molecule has 1 saturated heterocycles. The van der Waals surface area contributed by atoms with Crippen LogP contribution in [0.4, 0.5) is 4.39 Å². The normalized spacial score (nSPS) is 20.0. The summed E-state index contributed by atoms with van der Waals surface area (Å²) in [6.07, 6.45) is 7.71. The van der Waals surface area contributed by atoms with E-state index in [1.807, 2.05) is 0 Å². The SMILES string of the molecule is O=C(CCC1CCCCC1)N1CC(S(=O)(=O)c2ccc(F)cc2)C1. The first-order chi connectivity index (χ1) is 11.5. The van der Waals surface area contributed by atoms with Crippen LogP contribution < -0.4 is 0 Å². The second-order valence-electron chi connectivity index (χ2n) is 6.96. The molecule has 1 aliphatic heterocycles. The molecule has 1 aromatic rings. The topological polar surface area (TPSA) is 54.5 Å². The van der Waals surface area contributed by atoms with Crippen LogP contribution in [-0.2, 0) is 14.6 Å². The lowest BCUT2D eigenvalue weighted by Gasteiger charge is -2.39. The number of benzene rings is 1. The number of rotatable bonds is 5. The summed E-state index contributed by atoms with van der Waals surface area (Å²) in [5, 5.41) is -0.568. The van der Waals surface area contributed by atoms with Crippen molar-refractivity contribution in [2.24, 2.45) is 5.92 Å². The summed E-state index contributed by atoms with van der Waals surface area (Å²) in [5.41, 5.74) is 0. The van der Waals surface area contributed by atoms with Crippen molar-refractivity contribution < 1.29 is 17.6 Å². The third kappa shape index (κ3) is 3.79. The van der Waals surface area contributed by atoms with Crippen LogP contribution in [0, 0.1) is 11.7 Å². The number of amides is 1. The zero-order valence-electron chi connectivity index (χ0n) is 13.8. The minimum Gasteiger partial charge on any atom is -0.340 e. The molecular weight excluding hydrogens is 329 g/mol. The van der Waals surface area contributed by atoms with Crippen LogP contribution in [0.1, 0.15) is 44.9 Å². The molecule has 0 unspecified atom stereocenters. The standard InChI is InChI=1S/C18H24FNO3S/c19-15-7-9-16(10-8-15)24(22,23)17-12-20(13-17)18(21)11-6-14-4-2-1-3-5-14/h7-10,14,17H,1-6,11-13H2. The molecule has 0 atom stereocenters. The first-order valence-electron chi connectivity index (χ1n) is 8.74. The fraction of sp³-hybridized carbons (Fsp3) is 0.611. The van der Waals surface area contributed by atoms with Gasteiger partial charge in [-0.2, -0.15) is 0 Å². The largest absolute Gasteiger partial charge is 0.340 e. The highest BCUT2D eigenvalue weighted by atomic mass is 32.2. The highest BCUT2D eigenvalue weighted by molar-refractivity contribution is 7.92. The molecule has 132 valence electrons. The lowest BCUT2D eigenvalue weighted by atomic mass is 9.86. The molecule has 1 heterocycles. The Morgan fingerprint density at radius 1 is 1.08 bits per heavy atom. The third-order valence-corrected chi connectivity index (χ3v) is 7.38. The average Bonchev–Trinajstić information content (AvgIpc) is 2.52. The summed E-state index contributed by atoms with van der Waals surface area (Å²) in [6.45, 7) is 0.506. The predicted octanol–water partition coefficient (Wildman–Crippen LogP) is 3.17. The fourth-order valence-corrected chi connectivity index (χ4v) is 5.27. The molecule has 0 spiro atoms. The maximum atomic E-state index is 12.9. The average molecular weight is 353 g/mol. The highest BCUT2D eigenvalue weighted by Gasteiger charge is 2.40. The van der Waals surface area contributed by atoms with Gasteiger partial charge in [0.25, 0.3) is 0 Å². The van der Waals surface area contributed by atoms with Crippen LogP contribution in [0.2, 0.25) is 0 Å². The second kappa shape index (κ2) is 7.21. The summed E-state index contributed by atoms with van der Waals surface area (Å²) < 4.78 is 37.8. The number of sulfone groups is 1. The Labute approximate surface area is 143 Å². The Balaban J connectivity index is 1.49. The van der Waals surface area contributed by atoms with Crippen molar-refractivity contribution in [2.75, 3.05) is 13.1 Å². The van der Waals surface area contributed by atoms with E-state index in [1.165, 1.54) is 44.2 Å². The molecule has 3 rings (SSSR count). The van der Waals surface area contributed by atoms with E-state index in [0.717, 1.165) is 18.6 Å². The molecular formula is C18H24FNO3S. The molecule has 0 bridgehead atoms. The van der Waals surface area contributed by atoms with Crippen molar-refractivity contribution >= 4 is 15.7 Å². The quantitative estimate of drug-likeness (QED) is 0.764. The Morgan fingerprint density at radius 3 is 2.33 bits per heavy atom. The van der Waals surface area contributed by atoms with Gasteiger partial charge in [0.05, 0.1) is 4.90 Å². The number of carbonyl (C=O) groups is 1. The van der Waals surface area contributed by atoms with Gasteiger partial charge in [0, 0.05) is 19.5 Å². The van der Waals surface area contributed by atoms with Gasteiger partial charge < -0.3 is 4.90 Å². The smallest absolute Gasteiger partial charge is 0.222 e. The first kappa shape index (κ1) is 17.4. The van der Waals surface area contributed by atoms with E-state index in [9.17, 15) is 17.6 Å². The maximum absolute atomic E-state index is 12.9. The third-order valence-electron chi connectivity index (χ3n) is 5.27. The van der Waals surface area contributed by atoms with E-state index >= 15 is 0 Å². The molecule has 24 heavy (non-hydrogen) atoms. The highest BCUT2D eigenvalue weighted by Crippen LogP contribution is 2.29. The Kier molecular flexibility index (Phi) is 5.23. The molecule has 1 saturated carbocycles. The number of likely N-dealkylation sites (tertiary alicyclic amines) is 1. The van der Waals surface area contributed by atoms with Crippen LogP contribution in [-0.4, -0.2) is 37.6 Å². The molecule has 0 radical (unpaired) electrons. The van der Waals surface area contributed by atoms with Gasteiger partial charge in [-0.15, -0.1) is 0 Å². The van der Waals surface area contributed by atoms with Crippen LogP contribution in [0.25, 0.3) is 0 Å². The second-order valence-corrected chi connectivity index (χ2v) is 9.19. The van der Waals surface area contributed by atoms with Crippen molar-refractivity contribution in [3.05, 3.63) is 30.1 Å². The zero-order chi connectivity index (χ0) is 17.2. The monoisotopic (exact) mass is 353 g/mol. The van der Waals surface area contributed by atoms with E-state index in [-0.39, 0.29) is 23.9 Å². The van der Waals surface area contributed by atoms with E-state index in [4.69, 9.17) is 0 Å². The number of hydrogen-bond acceptors (Lipinski definition) is 3. The van der Waals surface area contributed by atoms with E-state index in [2.05, 4.69) is 0 Å². The Hall–Kier alpha value is -1.43. The van der Waals surface area contributed by atoms with E-state index < -0.39 is 20.9 Å². The van der Waals surface area contributed by atoms with E-state index in [0.29, 0.717) is 12.3 Å². The first-order valence-corrected chi connectivity index (χ1v) is 10.3. The summed E-state index contributed by atoms with van der Waals surface area (Å²) >= 11 is 0. The fourth-order valence-electron chi connectivity index (χ4n) is 3.62. The van der Waals surface area contributed by atoms with Crippen LogP contribution in [0.15, 0.2) is 29.2 Å². The summed E-state index contributed by atoms with van der Waals surface area (Å²) in [4.78, 5) is 14.0. The molecule has 2 fully saturated rings. The molecule has 1 aliphatic carbocycles. The molecule has 2 aliphatic rings. The molecule has 4 nitrogen and oxygen atoms in total. The number of carbonyl (C=O) groups excluding carboxylic acids is 1. The van der Waals surface area contributed by atoms with Crippen LogP contribution >= 0.6 is 0 Å². The van der Waals surface area contributed by atoms with Crippen molar-refractivity contribution in [3.63, 3.8) is 0 Å². The Bertz CT molecular complexity index is 675. The molecule has 6 heteroatoms. The van der Waals surface area contributed by atoms with Crippen LogP contribution in [0.5, 0.6) is 0 Å². The molecule has 0 aromatic heterocycles. The summed E-state index contributed by atoms with van der Waals surface area (Å²) in [7, 11) is -3.48. The van der Waals surface area contributed by atoms with Gasteiger partial charge in [-0.25, -0.2) is 12.8 Å². The maximum Gasteiger partial charge on any atom is 0.222 e. The summed E-state index contributed by atoms with van der Waals surface area (Å²) in [6, 6.07) is 4.88.